The Hall–Kier alpha value is -6.92. The summed E-state index contributed by atoms with van der Waals surface area (Å²) < 4.78 is 8.47. The summed E-state index contributed by atoms with van der Waals surface area (Å²) in [7, 11) is 0. The van der Waals surface area contributed by atoms with Crippen molar-refractivity contribution in [2.24, 2.45) is 0 Å². The predicted octanol–water partition coefficient (Wildman–Crippen LogP) is 10.9. The molecule has 50 heavy (non-hydrogen) atoms. The number of fused-ring (bicyclic) bond motifs is 6. The first kappa shape index (κ1) is 28.1. The number of furan rings is 1. The summed E-state index contributed by atoms with van der Waals surface area (Å²) in [6.45, 7) is 0. The molecule has 0 radical (unpaired) electrons. The molecule has 4 aromatic heterocycles. The SMILES string of the molecule is c1ccc(-c2nc(-c3ccccc3)nc(-c3cccc(-n4c5ccccc5c5ccc(-c6ccc7c(c6)oc6ccccc67)cc54)n3)n2)cc1. The Balaban J connectivity index is 1.14. The van der Waals surface area contributed by atoms with E-state index in [0.717, 1.165) is 71.8 Å². The molecule has 0 aliphatic rings. The van der Waals surface area contributed by atoms with Gasteiger partial charge in [0.25, 0.3) is 0 Å². The smallest absolute Gasteiger partial charge is 0.182 e. The normalized spacial score (nSPS) is 11.6. The minimum absolute atomic E-state index is 0.514. The van der Waals surface area contributed by atoms with Crippen LogP contribution < -0.4 is 0 Å². The zero-order valence-electron chi connectivity index (χ0n) is 26.7. The molecular formula is C44H27N5O. The molecule has 4 heterocycles. The quantitative estimate of drug-likeness (QED) is 0.187. The lowest BCUT2D eigenvalue weighted by Crippen LogP contribution is -2.03. The standard InChI is InChI=1S/C44H27N5O/c1-3-12-28(13-4-1)42-46-43(29-14-5-2-6-15-29)48-44(47-42)36-18-11-21-41(45-36)49-37-19-9-7-16-32(37)33-24-22-30(26-38(33)49)31-23-25-35-34-17-8-10-20-39(34)50-40(35)27-31/h1-27H. The van der Waals surface area contributed by atoms with E-state index in [-0.39, 0.29) is 0 Å². The van der Waals surface area contributed by atoms with Crippen LogP contribution in [0.2, 0.25) is 0 Å². The monoisotopic (exact) mass is 641 g/mol. The molecule has 0 bridgehead atoms. The van der Waals surface area contributed by atoms with Crippen LogP contribution in [0.25, 0.3) is 95.0 Å². The van der Waals surface area contributed by atoms with E-state index < -0.39 is 0 Å². The molecule has 0 N–H and O–H groups in total. The minimum atomic E-state index is 0.514. The molecular weight excluding hydrogens is 615 g/mol. The van der Waals surface area contributed by atoms with Crippen molar-refractivity contribution in [2.75, 3.05) is 0 Å². The molecule has 0 aliphatic carbocycles. The number of nitrogens with zero attached hydrogens (tertiary/aromatic N) is 5. The molecule has 0 saturated carbocycles. The van der Waals surface area contributed by atoms with Gasteiger partial charge in [0.05, 0.1) is 11.0 Å². The van der Waals surface area contributed by atoms with E-state index in [4.69, 9.17) is 24.4 Å². The van der Waals surface area contributed by atoms with Crippen LogP contribution in [0, 0.1) is 0 Å². The van der Waals surface area contributed by atoms with Crippen molar-refractivity contribution in [3.8, 4) is 51.2 Å². The Bertz CT molecular complexity index is 2820. The van der Waals surface area contributed by atoms with Crippen molar-refractivity contribution in [3.63, 3.8) is 0 Å². The molecule has 234 valence electrons. The highest BCUT2D eigenvalue weighted by atomic mass is 16.3. The first-order valence-electron chi connectivity index (χ1n) is 16.6. The highest BCUT2D eigenvalue weighted by Crippen LogP contribution is 2.37. The van der Waals surface area contributed by atoms with Crippen LogP contribution >= 0.6 is 0 Å². The van der Waals surface area contributed by atoms with E-state index in [0.29, 0.717) is 23.2 Å². The summed E-state index contributed by atoms with van der Waals surface area (Å²) in [5, 5.41) is 4.55. The van der Waals surface area contributed by atoms with Crippen molar-refractivity contribution in [1.29, 1.82) is 0 Å². The summed E-state index contributed by atoms with van der Waals surface area (Å²) in [5.74, 6) is 2.50. The summed E-state index contributed by atoms with van der Waals surface area (Å²) >= 11 is 0. The Morgan fingerprint density at radius 2 is 0.940 bits per heavy atom. The lowest BCUT2D eigenvalue weighted by molar-refractivity contribution is 0.669. The highest BCUT2D eigenvalue weighted by Gasteiger charge is 2.18. The van der Waals surface area contributed by atoms with E-state index in [1.165, 1.54) is 0 Å². The number of rotatable bonds is 5. The molecule has 10 aromatic rings. The average Bonchev–Trinajstić information content (AvgIpc) is 3.73. The van der Waals surface area contributed by atoms with E-state index in [9.17, 15) is 0 Å². The average molecular weight is 642 g/mol. The van der Waals surface area contributed by atoms with E-state index in [1.54, 1.807) is 0 Å². The second-order valence-electron chi connectivity index (χ2n) is 12.3. The summed E-state index contributed by atoms with van der Waals surface area (Å²) in [4.78, 5) is 20.0. The van der Waals surface area contributed by atoms with Crippen LogP contribution in [0.5, 0.6) is 0 Å². The van der Waals surface area contributed by atoms with E-state index >= 15 is 0 Å². The number of hydrogen-bond acceptors (Lipinski definition) is 5. The molecule has 6 nitrogen and oxygen atoms in total. The third-order valence-corrected chi connectivity index (χ3v) is 9.28. The van der Waals surface area contributed by atoms with Gasteiger partial charge in [0.1, 0.15) is 22.7 Å². The van der Waals surface area contributed by atoms with Crippen LogP contribution in [0.15, 0.2) is 168 Å². The number of aromatic nitrogens is 5. The van der Waals surface area contributed by atoms with Gasteiger partial charge in [-0.25, -0.2) is 19.9 Å². The first-order chi connectivity index (χ1) is 24.8. The highest BCUT2D eigenvalue weighted by molar-refractivity contribution is 6.10. The third-order valence-electron chi connectivity index (χ3n) is 9.28. The van der Waals surface area contributed by atoms with Crippen LogP contribution in [-0.4, -0.2) is 24.5 Å². The Morgan fingerprint density at radius 3 is 1.70 bits per heavy atom. The number of pyridine rings is 1. The Kier molecular flexibility index (Phi) is 6.39. The van der Waals surface area contributed by atoms with Crippen LogP contribution in [0.4, 0.5) is 0 Å². The zero-order chi connectivity index (χ0) is 33.0. The van der Waals surface area contributed by atoms with Crippen LogP contribution in [0.1, 0.15) is 0 Å². The fraction of sp³-hybridized carbons (Fsp3) is 0. The Morgan fingerprint density at radius 1 is 0.360 bits per heavy atom. The summed E-state index contributed by atoms with van der Waals surface area (Å²) in [6.07, 6.45) is 0. The number of benzene rings is 6. The van der Waals surface area contributed by atoms with Crippen molar-refractivity contribution in [2.45, 2.75) is 0 Å². The topological polar surface area (TPSA) is 69.6 Å². The van der Waals surface area contributed by atoms with Crippen LogP contribution in [0.3, 0.4) is 0 Å². The largest absolute Gasteiger partial charge is 0.456 e. The third kappa shape index (κ3) is 4.65. The Labute approximate surface area is 287 Å². The van der Waals surface area contributed by atoms with Crippen molar-refractivity contribution >= 4 is 43.7 Å². The van der Waals surface area contributed by atoms with Gasteiger partial charge in [-0.2, -0.15) is 0 Å². The van der Waals surface area contributed by atoms with Crippen LogP contribution in [-0.2, 0) is 0 Å². The molecule has 0 spiro atoms. The van der Waals surface area contributed by atoms with Gasteiger partial charge in [0.2, 0.25) is 0 Å². The lowest BCUT2D eigenvalue weighted by atomic mass is 10.0. The molecule has 0 unspecified atom stereocenters. The van der Waals surface area contributed by atoms with Crippen molar-refractivity contribution in [1.82, 2.24) is 24.5 Å². The van der Waals surface area contributed by atoms with Gasteiger partial charge in [0.15, 0.2) is 17.5 Å². The van der Waals surface area contributed by atoms with Gasteiger partial charge in [-0.1, -0.05) is 121 Å². The van der Waals surface area contributed by atoms with Crippen molar-refractivity contribution in [3.05, 3.63) is 164 Å². The van der Waals surface area contributed by atoms with Gasteiger partial charge in [-0.15, -0.1) is 0 Å². The van der Waals surface area contributed by atoms with Gasteiger partial charge >= 0.3 is 0 Å². The molecule has 0 fully saturated rings. The fourth-order valence-electron chi connectivity index (χ4n) is 6.90. The molecule has 0 atom stereocenters. The van der Waals surface area contributed by atoms with Crippen molar-refractivity contribution < 1.29 is 4.42 Å². The number of hydrogen-bond donors (Lipinski definition) is 0. The molecule has 6 aromatic carbocycles. The predicted molar refractivity (Wildman–Crippen MR) is 201 cm³/mol. The number of para-hydroxylation sites is 2. The molecule has 0 saturated heterocycles. The molecule has 0 amide bonds. The summed E-state index contributed by atoms with van der Waals surface area (Å²) in [5.41, 5.74) is 8.58. The molecule has 6 heteroatoms. The maximum atomic E-state index is 6.24. The van der Waals surface area contributed by atoms with Gasteiger partial charge < -0.3 is 4.42 Å². The van der Waals surface area contributed by atoms with Gasteiger partial charge in [0, 0.05) is 32.7 Å². The van der Waals surface area contributed by atoms with E-state index in [2.05, 4.69) is 71.3 Å². The maximum Gasteiger partial charge on any atom is 0.182 e. The molecule has 10 rings (SSSR count). The van der Waals surface area contributed by atoms with Gasteiger partial charge in [-0.05, 0) is 53.6 Å². The second-order valence-corrected chi connectivity index (χ2v) is 12.3. The maximum absolute atomic E-state index is 6.24. The first-order valence-corrected chi connectivity index (χ1v) is 16.6. The van der Waals surface area contributed by atoms with E-state index in [1.807, 2.05) is 97.1 Å². The second kappa shape index (κ2) is 11.4. The van der Waals surface area contributed by atoms with Gasteiger partial charge in [-0.3, -0.25) is 4.57 Å². The minimum Gasteiger partial charge on any atom is -0.456 e. The molecule has 0 aliphatic heterocycles. The summed E-state index contributed by atoms with van der Waals surface area (Å²) in [6, 6.07) is 55.8. The lowest BCUT2D eigenvalue weighted by Gasteiger charge is -2.11. The fourth-order valence-corrected chi connectivity index (χ4v) is 6.90. The zero-order valence-corrected chi connectivity index (χ0v) is 26.7.